The van der Waals surface area contributed by atoms with Crippen LogP contribution < -0.4 is 15.2 Å². The van der Waals surface area contributed by atoms with Crippen LogP contribution in [0.25, 0.3) is 0 Å². The van der Waals surface area contributed by atoms with Gasteiger partial charge in [0, 0.05) is 11.6 Å². The van der Waals surface area contributed by atoms with E-state index >= 15 is 0 Å². The van der Waals surface area contributed by atoms with Crippen LogP contribution in [0.5, 0.6) is 11.5 Å². The first-order valence-corrected chi connectivity index (χ1v) is 7.16. The van der Waals surface area contributed by atoms with Crippen molar-refractivity contribution in [2.45, 2.75) is 12.5 Å². The standard InChI is InChI=1S/C16H18BrNO2/c1-19-15-6-4-3-5-12(15)14(18)10-11-7-8-16(20-2)13(17)9-11/h3-9,14H,10,18H2,1-2H3. The zero-order chi connectivity index (χ0) is 14.5. The Kier molecular flexibility index (Phi) is 5.04. The molecule has 3 nitrogen and oxygen atoms in total. The molecule has 0 aliphatic carbocycles. The van der Waals surface area contributed by atoms with Crippen molar-refractivity contribution in [3.05, 3.63) is 58.1 Å². The van der Waals surface area contributed by atoms with E-state index in [1.54, 1.807) is 14.2 Å². The van der Waals surface area contributed by atoms with Crippen LogP contribution in [0.4, 0.5) is 0 Å². The molecule has 2 N–H and O–H groups in total. The molecule has 2 rings (SSSR count). The molecule has 0 aliphatic heterocycles. The van der Waals surface area contributed by atoms with Crippen LogP contribution in [0.15, 0.2) is 46.9 Å². The van der Waals surface area contributed by atoms with Crippen LogP contribution in [-0.2, 0) is 6.42 Å². The van der Waals surface area contributed by atoms with E-state index in [1.807, 2.05) is 42.5 Å². The normalized spacial score (nSPS) is 12.0. The van der Waals surface area contributed by atoms with Gasteiger partial charge in [-0.05, 0) is 46.1 Å². The summed E-state index contributed by atoms with van der Waals surface area (Å²) in [7, 11) is 3.32. The van der Waals surface area contributed by atoms with E-state index < -0.39 is 0 Å². The topological polar surface area (TPSA) is 44.5 Å². The van der Waals surface area contributed by atoms with Crippen LogP contribution in [0.1, 0.15) is 17.2 Å². The molecule has 0 saturated heterocycles. The van der Waals surface area contributed by atoms with E-state index in [9.17, 15) is 0 Å². The number of benzene rings is 2. The first-order valence-electron chi connectivity index (χ1n) is 6.36. The molecule has 1 unspecified atom stereocenters. The van der Waals surface area contributed by atoms with Crippen molar-refractivity contribution in [1.82, 2.24) is 0 Å². The van der Waals surface area contributed by atoms with Gasteiger partial charge in [0.25, 0.3) is 0 Å². The van der Waals surface area contributed by atoms with E-state index in [1.165, 1.54) is 0 Å². The molecule has 2 aromatic carbocycles. The third kappa shape index (κ3) is 3.32. The smallest absolute Gasteiger partial charge is 0.133 e. The summed E-state index contributed by atoms with van der Waals surface area (Å²) in [5.41, 5.74) is 8.46. The Balaban J connectivity index is 2.19. The van der Waals surface area contributed by atoms with E-state index in [-0.39, 0.29) is 6.04 Å². The molecule has 0 aromatic heterocycles. The maximum atomic E-state index is 6.30. The summed E-state index contributed by atoms with van der Waals surface area (Å²) in [5.74, 6) is 1.65. The Hall–Kier alpha value is -1.52. The van der Waals surface area contributed by atoms with Gasteiger partial charge < -0.3 is 15.2 Å². The van der Waals surface area contributed by atoms with Crippen LogP contribution in [-0.4, -0.2) is 14.2 Å². The average molecular weight is 336 g/mol. The van der Waals surface area contributed by atoms with Gasteiger partial charge in [0.05, 0.1) is 18.7 Å². The maximum absolute atomic E-state index is 6.30. The molecule has 0 saturated carbocycles. The Morgan fingerprint density at radius 1 is 1.05 bits per heavy atom. The molecule has 1 atom stereocenters. The molecule has 4 heteroatoms. The number of hydrogen-bond donors (Lipinski definition) is 1. The second-order valence-electron chi connectivity index (χ2n) is 4.52. The summed E-state index contributed by atoms with van der Waals surface area (Å²) in [4.78, 5) is 0. The minimum atomic E-state index is -0.105. The fourth-order valence-corrected chi connectivity index (χ4v) is 2.76. The fourth-order valence-electron chi connectivity index (χ4n) is 2.17. The summed E-state index contributed by atoms with van der Waals surface area (Å²) >= 11 is 3.49. The summed E-state index contributed by atoms with van der Waals surface area (Å²) < 4.78 is 11.5. The van der Waals surface area contributed by atoms with Gasteiger partial charge in [0.1, 0.15) is 11.5 Å². The lowest BCUT2D eigenvalue weighted by atomic mass is 9.99. The molecule has 106 valence electrons. The molecule has 0 bridgehead atoms. The van der Waals surface area contributed by atoms with Gasteiger partial charge in [-0.2, -0.15) is 0 Å². The summed E-state index contributed by atoms with van der Waals surface area (Å²) in [6, 6.07) is 13.7. The van der Waals surface area contributed by atoms with Crippen LogP contribution >= 0.6 is 15.9 Å². The summed E-state index contributed by atoms with van der Waals surface area (Å²) in [5, 5.41) is 0. The fraction of sp³-hybridized carbons (Fsp3) is 0.250. The van der Waals surface area contributed by atoms with Gasteiger partial charge in [-0.1, -0.05) is 24.3 Å². The number of hydrogen-bond acceptors (Lipinski definition) is 3. The highest BCUT2D eigenvalue weighted by Gasteiger charge is 2.12. The Labute approximate surface area is 127 Å². The van der Waals surface area contributed by atoms with E-state index in [0.29, 0.717) is 0 Å². The van der Waals surface area contributed by atoms with Crippen molar-refractivity contribution in [3.8, 4) is 11.5 Å². The number of nitrogens with two attached hydrogens (primary N) is 1. The molecule has 0 fully saturated rings. The second-order valence-corrected chi connectivity index (χ2v) is 5.38. The Morgan fingerprint density at radius 2 is 1.75 bits per heavy atom. The van der Waals surface area contributed by atoms with Crippen LogP contribution in [0.2, 0.25) is 0 Å². The lowest BCUT2D eigenvalue weighted by molar-refractivity contribution is 0.405. The maximum Gasteiger partial charge on any atom is 0.133 e. The number of ether oxygens (including phenoxy) is 2. The molecule has 0 aliphatic rings. The quantitative estimate of drug-likeness (QED) is 0.905. The van der Waals surface area contributed by atoms with Gasteiger partial charge in [0.2, 0.25) is 0 Å². The van der Waals surface area contributed by atoms with Crippen molar-refractivity contribution in [2.24, 2.45) is 5.73 Å². The monoisotopic (exact) mass is 335 g/mol. The second kappa shape index (κ2) is 6.77. The first-order chi connectivity index (χ1) is 9.65. The predicted molar refractivity (Wildman–Crippen MR) is 84.3 cm³/mol. The molecular formula is C16H18BrNO2. The zero-order valence-electron chi connectivity index (χ0n) is 11.6. The third-order valence-electron chi connectivity index (χ3n) is 3.21. The first kappa shape index (κ1) is 14.9. The van der Waals surface area contributed by atoms with Crippen molar-refractivity contribution in [2.75, 3.05) is 14.2 Å². The SMILES string of the molecule is COc1ccc(CC(N)c2ccccc2OC)cc1Br. The lowest BCUT2D eigenvalue weighted by Crippen LogP contribution is -2.14. The van der Waals surface area contributed by atoms with E-state index in [4.69, 9.17) is 15.2 Å². The van der Waals surface area contributed by atoms with Gasteiger partial charge in [-0.3, -0.25) is 0 Å². The third-order valence-corrected chi connectivity index (χ3v) is 3.83. The highest BCUT2D eigenvalue weighted by Crippen LogP contribution is 2.29. The highest BCUT2D eigenvalue weighted by molar-refractivity contribution is 9.10. The van der Waals surface area contributed by atoms with Crippen LogP contribution in [0, 0.1) is 0 Å². The molecule has 0 heterocycles. The lowest BCUT2D eigenvalue weighted by Gasteiger charge is -2.16. The predicted octanol–water partition coefficient (Wildman–Crippen LogP) is 3.71. The minimum absolute atomic E-state index is 0.105. The molecule has 0 radical (unpaired) electrons. The van der Waals surface area contributed by atoms with Crippen molar-refractivity contribution in [1.29, 1.82) is 0 Å². The van der Waals surface area contributed by atoms with Gasteiger partial charge in [0.15, 0.2) is 0 Å². The number of para-hydroxylation sites is 1. The number of methoxy groups -OCH3 is 2. The summed E-state index contributed by atoms with van der Waals surface area (Å²) in [6.07, 6.45) is 0.739. The molecule has 20 heavy (non-hydrogen) atoms. The van der Waals surface area contributed by atoms with E-state index in [2.05, 4.69) is 15.9 Å². The minimum Gasteiger partial charge on any atom is -0.496 e. The molecule has 2 aromatic rings. The highest BCUT2D eigenvalue weighted by atomic mass is 79.9. The molecular weight excluding hydrogens is 318 g/mol. The largest absolute Gasteiger partial charge is 0.496 e. The Morgan fingerprint density at radius 3 is 2.40 bits per heavy atom. The number of rotatable bonds is 5. The molecule has 0 spiro atoms. The Bertz CT molecular complexity index is 586. The van der Waals surface area contributed by atoms with Crippen molar-refractivity contribution in [3.63, 3.8) is 0 Å². The zero-order valence-corrected chi connectivity index (χ0v) is 13.2. The number of halogens is 1. The van der Waals surface area contributed by atoms with Gasteiger partial charge in [-0.25, -0.2) is 0 Å². The van der Waals surface area contributed by atoms with Crippen molar-refractivity contribution < 1.29 is 9.47 Å². The summed E-state index contributed by atoms with van der Waals surface area (Å²) in [6.45, 7) is 0. The van der Waals surface area contributed by atoms with E-state index in [0.717, 1.165) is 33.5 Å². The van der Waals surface area contributed by atoms with Gasteiger partial charge in [-0.15, -0.1) is 0 Å². The van der Waals surface area contributed by atoms with Crippen LogP contribution in [0.3, 0.4) is 0 Å². The average Bonchev–Trinajstić information content (AvgIpc) is 2.47. The van der Waals surface area contributed by atoms with Gasteiger partial charge >= 0.3 is 0 Å². The van der Waals surface area contributed by atoms with Crippen molar-refractivity contribution >= 4 is 15.9 Å². The molecule has 0 amide bonds.